The summed E-state index contributed by atoms with van der Waals surface area (Å²) in [4.78, 5) is 4.39. The molecule has 0 amide bonds. The zero-order valence-electron chi connectivity index (χ0n) is 11.6. The highest BCUT2D eigenvalue weighted by atomic mass is 79.9. The molecule has 0 saturated heterocycles. The molecule has 0 atom stereocenters. The van der Waals surface area contributed by atoms with Crippen LogP contribution in [0.2, 0.25) is 5.02 Å². The number of aromatic nitrogens is 1. The molecule has 116 valence electrons. The molecule has 5 nitrogen and oxygen atoms in total. The lowest BCUT2D eigenvalue weighted by atomic mass is 10.1. The molecule has 2 N–H and O–H groups in total. The molecule has 0 fully saturated rings. The number of rotatable bonds is 2. The van der Waals surface area contributed by atoms with Crippen LogP contribution in [-0.2, 0) is 0 Å². The highest BCUT2D eigenvalue weighted by Crippen LogP contribution is 2.41. The number of aromatic hydroxyl groups is 1. The van der Waals surface area contributed by atoms with Crippen LogP contribution in [0, 0.1) is 0 Å². The molecule has 23 heavy (non-hydrogen) atoms. The topological polar surface area (TPSA) is 63.6 Å². The largest absolute Gasteiger partial charge is 0.506 e. The second kappa shape index (κ2) is 5.47. The van der Waals surface area contributed by atoms with Gasteiger partial charge in [-0.2, -0.15) is 0 Å². The number of fused-ring (bicyclic) bond motifs is 2. The van der Waals surface area contributed by atoms with E-state index in [0.29, 0.717) is 28.0 Å². The summed E-state index contributed by atoms with van der Waals surface area (Å²) in [5.74, 6) is 2.03. The van der Waals surface area contributed by atoms with Crippen LogP contribution in [-0.4, -0.2) is 16.9 Å². The number of nitrogens with one attached hydrogen (secondary N) is 1. The minimum absolute atomic E-state index is 0.0908. The van der Waals surface area contributed by atoms with Crippen molar-refractivity contribution in [2.24, 2.45) is 0 Å². The SMILES string of the molecule is Oc1ccc(Cl)cc1Nc1ncc(Br)c2cc3c(cc12)OCO3. The van der Waals surface area contributed by atoms with E-state index in [-0.39, 0.29) is 12.5 Å². The number of anilines is 2. The van der Waals surface area contributed by atoms with Gasteiger partial charge in [-0.15, -0.1) is 0 Å². The fraction of sp³-hybridized carbons (Fsp3) is 0.0625. The first-order valence-electron chi connectivity index (χ1n) is 6.75. The molecular weight excluding hydrogens is 384 g/mol. The lowest BCUT2D eigenvalue weighted by Gasteiger charge is -2.12. The average Bonchev–Trinajstić information content (AvgIpc) is 2.99. The zero-order valence-corrected chi connectivity index (χ0v) is 14.0. The fourth-order valence-electron chi connectivity index (χ4n) is 2.43. The summed E-state index contributed by atoms with van der Waals surface area (Å²) in [5.41, 5.74) is 0.478. The van der Waals surface area contributed by atoms with Gasteiger partial charge in [0.1, 0.15) is 11.6 Å². The Hall–Kier alpha value is -2.18. The van der Waals surface area contributed by atoms with Gasteiger partial charge in [-0.1, -0.05) is 11.6 Å². The number of pyridine rings is 1. The van der Waals surface area contributed by atoms with Crippen molar-refractivity contribution in [1.82, 2.24) is 4.98 Å². The summed E-state index contributed by atoms with van der Waals surface area (Å²) in [6.45, 7) is 0.203. The molecule has 0 radical (unpaired) electrons. The maximum atomic E-state index is 9.97. The Kier molecular flexibility index (Phi) is 3.43. The van der Waals surface area contributed by atoms with Crippen LogP contribution in [0.3, 0.4) is 0 Å². The van der Waals surface area contributed by atoms with E-state index in [1.165, 1.54) is 6.07 Å². The minimum atomic E-state index is 0.0908. The molecule has 4 rings (SSSR count). The zero-order chi connectivity index (χ0) is 16.0. The van der Waals surface area contributed by atoms with Gasteiger partial charge in [-0.05, 0) is 46.3 Å². The Labute approximate surface area is 144 Å². The Morgan fingerprint density at radius 3 is 2.65 bits per heavy atom. The normalized spacial score (nSPS) is 12.6. The third-order valence-corrected chi connectivity index (χ3v) is 4.41. The van der Waals surface area contributed by atoms with Gasteiger partial charge >= 0.3 is 0 Å². The molecule has 0 bridgehead atoms. The molecule has 1 aliphatic rings. The van der Waals surface area contributed by atoms with E-state index in [1.807, 2.05) is 12.1 Å². The second-order valence-corrected chi connectivity index (χ2v) is 6.28. The van der Waals surface area contributed by atoms with Gasteiger partial charge in [0.05, 0.1) is 5.69 Å². The molecular formula is C16H10BrClN2O3. The van der Waals surface area contributed by atoms with Gasteiger partial charge < -0.3 is 19.9 Å². The molecule has 1 aliphatic heterocycles. The van der Waals surface area contributed by atoms with E-state index in [0.717, 1.165) is 15.2 Å². The third-order valence-electron chi connectivity index (χ3n) is 3.54. The van der Waals surface area contributed by atoms with E-state index in [9.17, 15) is 5.11 Å². The van der Waals surface area contributed by atoms with Crippen LogP contribution in [0.5, 0.6) is 17.2 Å². The van der Waals surface area contributed by atoms with Crippen LogP contribution in [0.25, 0.3) is 10.8 Å². The molecule has 0 aliphatic carbocycles. The first kappa shape index (κ1) is 14.4. The van der Waals surface area contributed by atoms with Gasteiger partial charge in [0.2, 0.25) is 6.79 Å². The van der Waals surface area contributed by atoms with Crippen molar-refractivity contribution in [2.75, 3.05) is 12.1 Å². The number of hydrogen-bond acceptors (Lipinski definition) is 5. The van der Waals surface area contributed by atoms with Crippen LogP contribution >= 0.6 is 27.5 Å². The first-order chi connectivity index (χ1) is 11.1. The summed E-state index contributed by atoms with van der Waals surface area (Å²) in [6.07, 6.45) is 1.69. The van der Waals surface area contributed by atoms with Crippen molar-refractivity contribution >= 4 is 49.8 Å². The highest BCUT2D eigenvalue weighted by molar-refractivity contribution is 9.10. The monoisotopic (exact) mass is 392 g/mol. The minimum Gasteiger partial charge on any atom is -0.506 e. The number of ether oxygens (including phenoxy) is 2. The Morgan fingerprint density at radius 1 is 1.13 bits per heavy atom. The standard InChI is InChI=1S/C16H10BrClN2O3/c17-11-6-19-16(20-12-3-8(18)1-2-13(12)21)10-5-15-14(4-9(10)11)22-7-23-15/h1-6,21H,7H2,(H,19,20). The molecule has 1 aromatic heterocycles. The Balaban J connectivity index is 1.87. The molecule has 0 spiro atoms. The van der Waals surface area contributed by atoms with Gasteiger partial charge in [-0.3, -0.25) is 0 Å². The maximum Gasteiger partial charge on any atom is 0.231 e. The Morgan fingerprint density at radius 2 is 1.87 bits per heavy atom. The van der Waals surface area contributed by atoms with Gasteiger partial charge in [-0.25, -0.2) is 4.98 Å². The predicted molar refractivity (Wildman–Crippen MR) is 92.0 cm³/mol. The number of benzene rings is 2. The average molecular weight is 394 g/mol. The quantitative estimate of drug-likeness (QED) is 0.611. The fourth-order valence-corrected chi connectivity index (χ4v) is 3.03. The van der Waals surface area contributed by atoms with Crippen molar-refractivity contribution in [3.05, 3.63) is 46.0 Å². The molecule has 2 aromatic carbocycles. The van der Waals surface area contributed by atoms with Crippen LogP contribution in [0.4, 0.5) is 11.5 Å². The summed E-state index contributed by atoms with van der Waals surface area (Å²) < 4.78 is 11.7. The maximum absolute atomic E-state index is 9.97. The molecule has 7 heteroatoms. The third kappa shape index (κ3) is 2.54. The van der Waals surface area contributed by atoms with Crippen LogP contribution < -0.4 is 14.8 Å². The number of phenols is 1. The van der Waals surface area contributed by atoms with E-state index in [2.05, 4.69) is 26.2 Å². The van der Waals surface area contributed by atoms with Gasteiger partial charge in [0.15, 0.2) is 11.5 Å². The van der Waals surface area contributed by atoms with Gasteiger partial charge in [0.25, 0.3) is 0 Å². The smallest absolute Gasteiger partial charge is 0.231 e. The van der Waals surface area contributed by atoms with E-state index < -0.39 is 0 Å². The first-order valence-corrected chi connectivity index (χ1v) is 7.92. The summed E-state index contributed by atoms with van der Waals surface area (Å²) in [7, 11) is 0. The van der Waals surface area contributed by atoms with Crippen LogP contribution in [0.15, 0.2) is 41.0 Å². The van der Waals surface area contributed by atoms with Crippen molar-refractivity contribution in [2.45, 2.75) is 0 Å². The predicted octanol–water partition coefficient (Wildman–Crippen LogP) is 4.83. The highest BCUT2D eigenvalue weighted by Gasteiger charge is 2.18. The lowest BCUT2D eigenvalue weighted by molar-refractivity contribution is 0.174. The summed E-state index contributed by atoms with van der Waals surface area (Å²) >= 11 is 9.48. The van der Waals surface area contributed by atoms with Gasteiger partial charge in [0, 0.05) is 26.5 Å². The van der Waals surface area contributed by atoms with Crippen molar-refractivity contribution < 1.29 is 14.6 Å². The summed E-state index contributed by atoms with van der Waals surface area (Å²) in [5, 5.41) is 15.4. The van der Waals surface area contributed by atoms with Crippen LogP contribution in [0.1, 0.15) is 0 Å². The van der Waals surface area contributed by atoms with E-state index in [1.54, 1.807) is 18.3 Å². The number of phenolic OH excluding ortho intramolecular Hbond substituents is 1. The van der Waals surface area contributed by atoms with Crippen molar-refractivity contribution in [3.8, 4) is 17.2 Å². The lowest BCUT2D eigenvalue weighted by Crippen LogP contribution is -1.96. The Bertz CT molecular complexity index is 933. The molecule has 3 aromatic rings. The number of halogens is 2. The van der Waals surface area contributed by atoms with Crippen molar-refractivity contribution in [3.63, 3.8) is 0 Å². The summed E-state index contributed by atoms with van der Waals surface area (Å²) in [6, 6.07) is 8.54. The second-order valence-electron chi connectivity index (χ2n) is 4.99. The molecule has 0 saturated carbocycles. The number of nitrogens with zero attached hydrogens (tertiary/aromatic N) is 1. The molecule has 0 unspecified atom stereocenters. The molecule has 2 heterocycles. The van der Waals surface area contributed by atoms with E-state index in [4.69, 9.17) is 21.1 Å². The van der Waals surface area contributed by atoms with E-state index >= 15 is 0 Å². The van der Waals surface area contributed by atoms with Crippen molar-refractivity contribution in [1.29, 1.82) is 0 Å². The number of hydrogen-bond donors (Lipinski definition) is 2.